The number of hydrogen-bond donors (Lipinski definition) is 0. The molecule has 0 N–H and O–H groups in total. The van der Waals surface area contributed by atoms with Gasteiger partial charge < -0.3 is 4.74 Å². The molecule has 1 unspecified atom stereocenters. The third-order valence-electron chi connectivity index (χ3n) is 2.85. The maximum atomic E-state index is 5.92. The first kappa shape index (κ1) is 13.8. The first-order valence-electron chi connectivity index (χ1n) is 5.91. The molecule has 0 aromatic heterocycles. The van der Waals surface area contributed by atoms with Crippen molar-refractivity contribution in [3.05, 3.63) is 29.8 Å². The SMILES string of the molecule is CCC(I)c1ccc(OC(C)(C)CC)cc1. The Morgan fingerprint density at radius 3 is 2.19 bits per heavy atom. The number of alkyl halides is 1. The van der Waals surface area contributed by atoms with E-state index in [0.29, 0.717) is 3.92 Å². The summed E-state index contributed by atoms with van der Waals surface area (Å²) >= 11 is 2.48. The van der Waals surface area contributed by atoms with Gasteiger partial charge in [-0.1, -0.05) is 48.6 Å². The van der Waals surface area contributed by atoms with Gasteiger partial charge in [0.25, 0.3) is 0 Å². The van der Waals surface area contributed by atoms with Gasteiger partial charge in [-0.15, -0.1) is 0 Å². The van der Waals surface area contributed by atoms with Gasteiger partial charge in [0.05, 0.1) is 0 Å². The van der Waals surface area contributed by atoms with Crippen LogP contribution in [0.1, 0.15) is 50.0 Å². The molecule has 0 saturated carbocycles. The molecule has 1 nitrogen and oxygen atoms in total. The average Bonchev–Trinajstić information content (AvgIpc) is 2.28. The fourth-order valence-electron chi connectivity index (χ4n) is 1.37. The summed E-state index contributed by atoms with van der Waals surface area (Å²) in [6.07, 6.45) is 2.18. The zero-order valence-corrected chi connectivity index (χ0v) is 12.7. The molecule has 0 saturated heterocycles. The van der Waals surface area contributed by atoms with E-state index in [2.05, 4.69) is 74.6 Å². The van der Waals surface area contributed by atoms with E-state index in [4.69, 9.17) is 4.74 Å². The van der Waals surface area contributed by atoms with Crippen LogP contribution in [0.5, 0.6) is 5.75 Å². The minimum absolute atomic E-state index is 0.0734. The Kier molecular flexibility index (Phi) is 5.09. The molecule has 0 spiro atoms. The number of halogens is 1. The Labute approximate surface area is 113 Å². The zero-order valence-electron chi connectivity index (χ0n) is 10.6. The molecule has 1 aromatic rings. The highest BCUT2D eigenvalue weighted by atomic mass is 127. The summed E-state index contributed by atoms with van der Waals surface area (Å²) < 4.78 is 6.52. The van der Waals surface area contributed by atoms with Crippen LogP contribution in [0.4, 0.5) is 0 Å². The molecule has 0 radical (unpaired) electrons. The number of ether oxygens (including phenoxy) is 1. The van der Waals surface area contributed by atoms with Gasteiger partial charge in [-0.3, -0.25) is 0 Å². The quantitative estimate of drug-likeness (QED) is 0.536. The molecule has 0 aliphatic heterocycles. The lowest BCUT2D eigenvalue weighted by atomic mass is 10.1. The lowest BCUT2D eigenvalue weighted by Crippen LogP contribution is -2.26. The van der Waals surface area contributed by atoms with Gasteiger partial charge in [-0.05, 0) is 44.4 Å². The predicted molar refractivity (Wildman–Crippen MR) is 78.5 cm³/mol. The second-order valence-electron chi connectivity index (χ2n) is 4.66. The molecule has 0 bridgehead atoms. The van der Waals surface area contributed by atoms with Crippen molar-refractivity contribution in [3.63, 3.8) is 0 Å². The minimum Gasteiger partial charge on any atom is -0.488 e. The molecule has 0 aliphatic rings. The monoisotopic (exact) mass is 332 g/mol. The largest absolute Gasteiger partial charge is 0.488 e. The third-order valence-corrected chi connectivity index (χ3v) is 4.45. The Morgan fingerprint density at radius 1 is 1.19 bits per heavy atom. The summed E-state index contributed by atoms with van der Waals surface area (Å²) in [5, 5.41) is 0. The molecule has 1 rings (SSSR count). The molecular weight excluding hydrogens is 311 g/mol. The van der Waals surface area contributed by atoms with Gasteiger partial charge in [-0.2, -0.15) is 0 Å². The van der Waals surface area contributed by atoms with Crippen molar-refractivity contribution in [2.75, 3.05) is 0 Å². The minimum atomic E-state index is -0.0734. The molecule has 0 fully saturated rings. The third kappa shape index (κ3) is 3.96. The van der Waals surface area contributed by atoms with Gasteiger partial charge >= 0.3 is 0 Å². The van der Waals surface area contributed by atoms with E-state index in [-0.39, 0.29) is 5.60 Å². The highest BCUT2D eigenvalue weighted by molar-refractivity contribution is 14.1. The van der Waals surface area contributed by atoms with Crippen molar-refractivity contribution in [1.82, 2.24) is 0 Å². The van der Waals surface area contributed by atoms with E-state index in [0.717, 1.165) is 12.2 Å². The molecule has 0 heterocycles. The van der Waals surface area contributed by atoms with Gasteiger partial charge in [0.15, 0.2) is 0 Å². The van der Waals surface area contributed by atoms with Crippen LogP contribution in [-0.2, 0) is 0 Å². The van der Waals surface area contributed by atoms with Crippen LogP contribution in [0.25, 0.3) is 0 Å². The van der Waals surface area contributed by atoms with Crippen molar-refractivity contribution < 1.29 is 4.74 Å². The molecule has 90 valence electrons. The topological polar surface area (TPSA) is 9.23 Å². The first-order valence-corrected chi connectivity index (χ1v) is 7.16. The number of rotatable bonds is 5. The lowest BCUT2D eigenvalue weighted by molar-refractivity contribution is 0.105. The standard InChI is InChI=1S/C14H21IO/c1-5-13(15)11-7-9-12(10-8-11)16-14(3,4)6-2/h7-10,13H,5-6H2,1-4H3. The highest BCUT2D eigenvalue weighted by Crippen LogP contribution is 2.29. The Balaban J connectivity index is 2.72. The van der Waals surface area contributed by atoms with Crippen molar-refractivity contribution in [2.45, 2.75) is 50.1 Å². The smallest absolute Gasteiger partial charge is 0.120 e. The maximum Gasteiger partial charge on any atom is 0.120 e. The summed E-state index contributed by atoms with van der Waals surface area (Å²) in [6.45, 7) is 8.59. The molecule has 0 amide bonds. The van der Waals surface area contributed by atoms with Crippen LogP contribution in [0.15, 0.2) is 24.3 Å². The highest BCUT2D eigenvalue weighted by Gasteiger charge is 2.16. The van der Waals surface area contributed by atoms with E-state index < -0.39 is 0 Å². The van der Waals surface area contributed by atoms with Crippen LogP contribution >= 0.6 is 22.6 Å². The van der Waals surface area contributed by atoms with Crippen LogP contribution in [0.3, 0.4) is 0 Å². The number of hydrogen-bond acceptors (Lipinski definition) is 1. The Morgan fingerprint density at radius 2 is 1.75 bits per heavy atom. The van der Waals surface area contributed by atoms with E-state index in [1.165, 1.54) is 12.0 Å². The van der Waals surface area contributed by atoms with Gasteiger partial charge in [0.1, 0.15) is 11.4 Å². The van der Waals surface area contributed by atoms with Gasteiger partial charge in [0.2, 0.25) is 0 Å². The molecule has 16 heavy (non-hydrogen) atoms. The van der Waals surface area contributed by atoms with Gasteiger partial charge in [0, 0.05) is 3.92 Å². The summed E-state index contributed by atoms with van der Waals surface area (Å²) in [5.74, 6) is 0.968. The molecule has 1 atom stereocenters. The summed E-state index contributed by atoms with van der Waals surface area (Å²) in [7, 11) is 0. The van der Waals surface area contributed by atoms with Crippen molar-refractivity contribution in [2.24, 2.45) is 0 Å². The summed E-state index contributed by atoms with van der Waals surface area (Å²) in [5.41, 5.74) is 1.31. The fraction of sp³-hybridized carbons (Fsp3) is 0.571. The van der Waals surface area contributed by atoms with Crippen molar-refractivity contribution in [1.29, 1.82) is 0 Å². The number of benzene rings is 1. The average molecular weight is 332 g/mol. The van der Waals surface area contributed by atoms with Gasteiger partial charge in [-0.25, -0.2) is 0 Å². The van der Waals surface area contributed by atoms with Crippen molar-refractivity contribution in [3.8, 4) is 5.75 Å². The van der Waals surface area contributed by atoms with E-state index in [1.54, 1.807) is 0 Å². The molecule has 0 aliphatic carbocycles. The normalized spacial score (nSPS) is 13.6. The van der Waals surface area contributed by atoms with Crippen molar-refractivity contribution >= 4 is 22.6 Å². The molecular formula is C14H21IO. The molecule has 2 heteroatoms. The fourth-order valence-corrected chi connectivity index (χ4v) is 1.79. The zero-order chi connectivity index (χ0) is 12.2. The Bertz CT molecular complexity index is 316. The summed E-state index contributed by atoms with van der Waals surface area (Å²) in [4.78, 5) is 0. The Hall–Kier alpha value is -0.250. The van der Waals surface area contributed by atoms with Crippen LogP contribution in [0.2, 0.25) is 0 Å². The molecule has 1 aromatic carbocycles. The predicted octanol–water partition coefficient (Wildman–Crippen LogP) is 5.14. The first-order chi connectivity index (χ1) is 7.48. The van der Waals surface area contributed by atoms with Crippen LogP contribution in [-0.4, -0.2) is 5.60 Å². The lowest BCUT2D eigenvalue weighted by Gasteiger charge is -2.25. The maximum absolute atomic E-state index is 5.92. The van der Waals surface area contributed by atoms with Crippen LogP contribution < -0.4 is 4.74 Å². The second-order valence-corrected chi connectivity index (χ2v) is 6.16. The summed E-state index contributed by atoms with van der Waals surface area (Å²) in [6, 6.07) is 8.49. The van der Waals surface area contributed by atoms with Crippen LogP contribution in [0, 0.1) is 0 Å². The van der Waals surface area contributed by atoms with E-state index in [1.807, 2.05) is 0 Å². The van der Waals surface area contributed by atoms with E-state index >= 15 is 0 Å². The second kappa shape index (κ2) is 5.89. The van der Waals surface area contributed by atoms with E-state index in [9.17, 15) is 0 Å².